The van der Waals surface area contributed by atoms with Gasteiger partial charge in [-0.25, -0.2) is 4.98 Å². The number of hydrogen-bond acceptors (Lipinski definition) is 3. The minimum absolute atomic E-state index is 0.213. The second kappa shape index (κ2) is 3.89. The van der Waals surface area contributed by atoms with Crippen molar-refractivity contribution in [3.05, 3.63) is 17.7 Å². The van der Waals surface area contributed by atoms with Gasteiger partial charge in [0.25, 0.3) is 0 Å². The summed E-state index contributed by atoms with van der Waals surface area (Å²) in [6, 6.07) is 0. The van der Waals surface area contributed by atoms with Crippen LogP contribution >= 0.6 is 0 Å². The number of nitrogens with zero attached hydrogens (tertiary/aromatic N) is 2. The Hall–Kier alpha value is -0.870. The first-order valence-electron chi connectivity index (χ1n) is 4.27. The second-order valence-corrected chi connectivity index (χ2v) is 3.17. The highest BCUT2D eigenvalue weighted by Gasteiger charge is 2.19. The fourth-order valence-electron chi connectivity index (χ4n) is 1.16. The van der Waals surface area contributed by atoms with E-state index in [2.05, 4.69) is 4.98 Å². The first kappa shape index (κ1) is 10.2. The molecule has 1 aromatic rings. The first-order valence-corrected chi connectivity index (χ1v) is 4.27. The molecule has 0 radical (unpaired) electrons. The van der Waals surface area contributed by atoms with Crippen LogP contribution in [0.3, 0.4) is 0 Å². The molecule has 2 atom stereocenters. The Morgan fingerprint density at radius 2 is 2.23 bits per heavy atom. The highest BCUT2D eigenvalue weighted by Crippen LogP contribution is 2.18. The average Bonchev–Trinajstić information content (AvgIpc) is 2.45. The van der Waals surface area contributed by atoms with Gasteiger partial charge in [-0.3, -0.25) is 0 Å². The van der Waals surface area contributed by atoms with Crippen LogP contribution in [0.15, 0.2) is 6.20 Å². The van der Waals surface area contributed by atoms with E-state index in [4.69, 9.17) is 4.74 Å². The molecular weight excluding hydrogens is 168 g/mol. The lowest BCUT2D eigenvalue weighted by atomic mass is 10.2. The van der Waals surface area contributed by atoms with Crippen molar-refractivity contribution in [1.29, 1.82) is 0 Å². The summed E-state index contributed by atoms with van der Waals surface area (Å²) in [5, 5.41) is 9.80. The van der Waals surface area contributed by atoms with Gasteiger partial charge in [0.1, 0.15) is 11.9 Å². The van der Waals surface area contributed by atoms with Crippen LogP contribution in [0.25, 0.3) is 0 Å². The van der Waals surface area contributed by atoms with Crippen molar-refractivity contribution in [2.45, 2.75) is 26.1 Å². The summed E-state index contributed by atoms with van der Waals surface area (Å²) in [4.78, 5) is 4.10. The summed E-state index contributed by atoms with van der Waals surface area (Å²) in [5.41, 5.74) is 0.784. The zero-order chi connectivity index (χ0) is 10.0. The number of hydrogen-bond donors (Lipinski definition) is 1. The van der Waals surface area contributed by atoms with Crippen molar-refractivity contribution >= 4 is 0 Å². The van der Waals surface area contributed by atoms with E-state index in [0.717, 1.165) is 11.5 Å². The number of methoxy groups -OCH3 is 1. The van der Waals surface area contributed by atoms with E-state index < -0.39 is 6.10 Å². The molecule has 1 heterocycles. The lowest BCUT2D eigenvalue weighted by Gasteiger charge is -2.17. The molecule has 13 heavy (non-hydrogen) atoms. The summed E-state index contributed by atoms with van der Waals surface area (Å²) in [6.07, 6.45) is 0.848. The zero-order valence-electron chi connectivity index (χ0n) is 8.48. The number of aryl methyl sites for hydroxylation is 1. The van der Waals surface area contributed by atoms with Gasteiger partial charge < -0.3 is 14.4 Å². The number of aliphatic hydroxyl groups is 1. The third-order valence-corrected chi connectivity index (χ3v) is 2.38. The van der Waals surface area contributed by atoms with Crippen LogP contribution in [-0.2, 0) is 11.8 Å². The van der Waals surface area contributed by atoms with Crippen LogP contribution in [-0.4, -0.2) is 27.9 Å². The predicted molar refractivity (Wildman–Crippen MR) is 49.4 cm³/mol. The number of aromatic nitrogens is 2. The highest BCUT2D eigenvalue weighted by atomic mass is 16.5. The normalized spacial score (nSPS) is 15.8. The Balaban J connectivity index is 2.88. The molecule has 0 aliphatic heterocycles. The second-order valence-electron chi connectivity index (χ2n) is 3.17. The van der Waals surface area contributed by atoms with Crippen molar-refractivity contribution in [2.75, 3.05) is 7.11 Å². The number of imidazole rings is 1. The maximum Gasteiger partial charge on any atom is 0.121 e. The van der Waals surface area contributed by atoms with E-state index in [0.29, 0.717) is 0 Å². The minimum atomic E-state index is -0.615. The van der Waals surface area contributed by atoms with Gasteiger partial charge in [0.15, 0.2) is 0 Å². The van der Waals surface area contributed by atoms with Crippen LogP contribution in [0, 0.1) is 6.92 Å². The van der Waals surface area contributed by atoms with Crippen molar-refractivity contribution in [1.82, 2.24) is 9.55 Å². The van der Waals surface area contributed by atoms with E-state index >= 15 is 0 Å². The summed E-state index contributed by atoms with van der Waals surface area (Å²) in [6.45, 7) is 3.72. The Kier molecular flexibility index (Phi) is 3.06. The van der Waals surface area contributed by atoms with Gasteiger partial charge in [-0.05, 0) is 13.8 Å². The number of aliphatic hydroxyl groups excluding tert-OH is 1. The molecule has 0 aromatic carbocycles. The molecular formula is C9H16N2O2. The van der Waals surface area contributed by atoms with E-state index in [9.17, 15) is 5.11 Å². The van der Waals surface area contributed by atoms with Gasteiger partial charge in [-0.15, -0.1) is 0 Å². The molecule has 0 bridgehead atoms. The van der Waals surface area contributed by atoms with Gasteiger partial charge in [0.2, 0.25) is 0 Å². The molecule has 0 fully saturated rings. The van der Waals surface area contributed by atoms with Crippen molar-refractivity contribution in [3.8, 4) is 0 Å². The Labute approximate surface area is 78.2 Å². The maximum atomic E-state index is 9.80. The third kappa shape index (κ3) is 1.89. The minimum Gasteiger partial charge on any atom is -0.384 e. The molecule has 1 rings (SSSR count). The van der Waals surface area contributed by atoms with Gasteiger partial charge in [-0.1, -0.05) is 0 Å². The van der Waals surface area contributed by atoms with Crippen molar-refractivity contribution < 1.29 is 9.84 Å². The molecule has 1 N–H and O–H groups in total. The summed E-state index contributed by atoms with van der Waals surface area (Å²) in [5.74, 6) is 0.886. The van der Waals surface area contributed by atoms with E-state index in [1.807, 2.05) is 25.5 Å². The lowest BCUT2D eigenvalue weighted by molar-refractivity contribution is -0.00502. The molecule has 0 spiro atoms. The topological polar surface area (TPSA) is 47.3 Å². The van der Waals surface area contributed by atoms with Gasteiger partial charge in [0.05, 0.1) is 18.0 Å². The highest BCUT2D eigenvalue weighted by molar-refractivity contribution is 5.08. The van der Waals surface area contributed by atoms with E-state index in [1.54, 1.807) is 13.3 Å². The molecule has 4 heteroatoms. The van der Waals surface area contributed by atoms with Crippen LogP contribution < -0.4 is 0 Å². The molecule has 0 saturated carbocycles. The summed E-state index contributed by atoms with van der Waals surface area (Å²) >= 11 is 0. The smallest absolute Gasteiger partial charge is 0.121 e. The largest absolute Gasteiger partial charge is 0.384 e. The standard InChI is InChI=1S/C9H16N2O2/c1-6(13-4)9(12)8-5-10-7(2)11(8)3/h5-6,9,12H,1-4H3. The fourth-order valence-corrected chi connectivity index (χ4v) is 1.16. The van der Waals surface area contributed by atoms with Crippen molar-refractivity contribution in [3.63, 3.8) is 0 Å². The molecule has 0 amide bonds. The van der Waals surface area contributed by atoms with E-state index in [-0.39, 0.29) is 6.10 Å². The van der Waals surface area contributed by atoms with Crippen molar-refractivity contribution in [2.24, 2.45) is 7.05 Å². The predicted octanol–water partition coefficient (Wildman–Crippen LogP) is 0.797. The molecule has 74 valence electrons. The number of ether oxygens (including phenoxy) is 1. The van der Waals surface area contributed by atoms with Crippen LogP contribution in [0.2, 0.25) is 0 Å². The molecule has 4 nitrogen and oxygen atoms in total. The fraction of sp³-hybridized carbons (Fsp3) is 0.667. The van der Waals surface area contributed by atoms with Crippen LogP contribution in [0.1, 0.15) is 24.5 Å². The van der Waals surface area contributed by atoms with Gasteiger partial charge >= 0.3 is 0 Å². The SMILES string of the molecule is COC(C)C(O)c1cnc(C)n1C. The quantitative estimate of drug-likeness (QED) is 0.755. The molecule has 0 aliphatic rings. The third-order valence-electron chi connectivity index (χ3n) is 2.38. The van der Waals surface area contributed by atoms with Gasteiger partial charge in [0, 0.05) is 14.2 Å². The first-order chi connectivity index (χ1) is 6.07. The molecule has 0 saturated heterocycles. The molecule has 2 unspecified atom stereocenters. The summed E-state index contributed by atoms with van der Waals surface area (Å²) in [7, 11) is 3.46. The maximum absolute atomic E-state index is 9.80. The van der Waals surface area contributed by atoms with E-state index in [1.165, 1.54) is 0 Å². The molecule has 0 aliphatic carbocycles. The van der Waals surface area contributed by atoms with Gasteiger partial charge in [-0.2, -0.15) is 0 Å². The lowest BCUT2D eigenvalue weighted by Crippen LogP contribution is -2.19. The van der Waals surface area contributed by atoms with Crippen LogP contribution in [0.4, 0.5) is 0 Å². The number of rotatable bonds is 3. The Morgan fingerprint density at radius 1 is 1.62 bits per heavy atom. The monoisotopic (exact) mass is 184 g/mol. The Morgan fingerprint density at radius 3 is 2.62 bits per heavy atom. The zero-order valence-corrected chi connectivity index (χ0v) is 8.48. The molecule has 1 aromatic heterocycles. The van der Waals surface area contributed by atoms with Crippen LogP contribution in [0.5, 0.6) is 0 Å². The average molecular weight is 184 g/mol. The Bertz CT molecular complexity index is 283. The summed E-state index contributed by atoms with van der Waals surface area (Å²) < 4.78 is 6.90.